The van der Waals surface area contributed by atoms with E-state index in [-0.39, 0.29) is 67.7 Å². The molecule has 4 heterocycles. The summed E-state index contributed by atoms with van der Waals surface area (Å²) in [7, 11) is 1.74. The molecule has 394 valence electrons. The van der Waals surface area contributed by atoms with Gasteiger partial charge in [-0.2, -0.15) is 0 Å². The molecule has 0 saturated heterocycles. The van der Waals surface area contributed by atoms with Gasteiger partial charge in [-0.3, -0.25) is 24.0 Å². The van der Waals surface area contributed by atoms with Crippen LogP contribution in [0.1, 0.15) is 92.3 Å². The average Bonchev–Trinajstić information content (AvgIpc) is 4.14. The number of amides is 5. The topological polar surface area (TPSA) is 230 Å². The number of benzene rings is 3. The molecule has 5 N–H and O–H groups in total. The largest absolute Gasteiger partial charge is 0.387 e. The summed E-state index contributed by atoms with van der Waals surface area (Å²) in [6.45, 7) is 8.28. The first-order valence-corrected chi connectivity index (χ1v) is 25.6. The summed E-state index contributed by atoms with van der Waals surface area (Å²) in [6.07, 6.45) is 5.92. The number of carbonyl (C=O) groups is 5. The van der Waals surface area contributed by atoms with Crippen LogP contribution in [-0.2, 0) is 45.4 Å². The van der Waals surface area contributed by atoms with Gasteiger partial charge in [0.25, 0.3) is 11.8 Å². The van der Waals surface area contributed by atoms with E-state index >= 15 is 0 Å². The Bertz CT molecular complexity index is 2980. The Morgan fingerprint density at radius 1 is 0.867 bits per heavy atom. The van der Waals surface area contributed by atoms with Crippen molar-refractivity contribution in [1.29, 1.82) is 0 Å². The lowest BCUT2D eigenvalue weighted by Gasteiger charge is -2.34. The highest BCUT2D eigenvalue weighted by molar-refractivity contribution is 7.13. The van der Waals surface area contributed by atoms with Crippen molar-refractivity contribution in [3.63, 3.8) is 0 Å². The van der Waals surface area contributed by atoms with Crippen LogP contribution in [0.2, 0.25) is 0 Å². The molecule has 1 aliphatic rings. The number of aromatic nitrogens is 6. The van der Waals surface area contributed by atoms with Crippen LogP contribution in [0.4, 0.5) is 14.5 Å². The quantitative estimate of drug-likeness (QED) is 0.0422. The first-order valence-electron chi connectivity index (χ1n) is 24.7. The number of aliphatic hydroxyl groups is 1. The van der Waals surface area contributed by atoms with Gasteiger partial charge < -0.3 is 40.7 Å². The molecule has 5 amide bonds. The second-order valence-corrected chi connectivity index (χ2v) is 20.2. The number of unbranched alkanes of at least 4 members (excludes halogenated alkanes) is 2. The number of halogens is 2. The predicted octanol–water partition coefficient (Wildman–Crippen LogP) is 6.72. The molecule has 3 aromatic carbocycles. The Hall–Kier alpha value is -7.78. The smallest absolute Gasteiger partial charge is 0.268 e. The monoisotopic (exact) mass is 1040 g/mol. The molecule has 3 aromatic heterocycles. The van der Waals surface area contributed by atoms with E-state index in [1.165, 1.54) is 23.4 Å². The Labute approximate surface area is 438 Å². The summed E-state index contributed by atoms with van der Waals surface area (Å²) in [5.74, 6) is -2.33. The molecule has 2 atom stereocenters. The fourth-order valence-corrected chi connectivity index (χ4v) is 9.25. The molecule has 18 nitrogen and oxygen atoms in total. The van der Waals surface area contributed by atoms with Crippen LogP contribution in [0.5, 0.6) is 0 Å². The van der Waals surface area contributed by atoms with E-state index in [0.717, 1.165) is 33.8 Å². The van der Waals surface area contributed by atoms with Crippen LogP contribution < -0.4 is 21.3 Å². The van der Waals surface area contributed by atoms with E-state index < -0.39 is 46.9 Å². The third kappa shape index (κ3) is 14.7. The minimum absolute atomic E-state index is 0.0249. The SMILES string of the molecule is Cc1ncsc1-c1ccc(CNC(=O)C2=C[C@@H](O)CN2C(=O)[C@@H](NC(=O)CCCCCC(=O)N(C)CCCn2c(CNc3cccc(C(=O)NCc4c(F)cccc4F)c3)nnc2-c2ccncn2)C(C)(C)C)cc1. The number of thiazole rings is 1. The van der Waals surface area contributed by atoms with Crippen molar-refractivity contribution in [3.8, 4) is 22.0 Å². The molecule has 0 bridgehead atoms. The fraction of sp³-hybridized carbons (Fsp3) is 0.370. The molecule has 0 unspecified atom stereocenters. The Morgan fingerprint density at radius 2 is 1.60 bits per heavy atom. The number of nitrogens with one attached hydrogen (secondary N) is 4. The van der Waals surface area contributed by atoms with Crippen molar-refractivity contribution >= 4 is 46.6 Å². The zero-order valence-electron chi connectivity index (χ0n) is 42.6. The summed E-state index contributed by atoms with van der Waals surface area (Å²) in [5, 5.41) is 31.0. The Morgan fingerprint density at radius 3 is 2.31 bits per heavy atom. The third-order valence-electron chi connectivity index (χ3n) is 12.6. The average molecular weight is 1050 g/mol. The van der Waals surface area contributed by atoms with Gasteiger partial charge in [0.15, 0.2) is 11.6 Å². The lowest BCUT2D eigenvalue weighted by Crippen LogP contribution is -2.55. The summed E-state index contributed by atoms with van der Waals surface area (Å²) >= 11 is 1.56. The highest BCUT2D eigenvalue weighted by atomic mass is 32.1. The first-order chi connectivity index (χ1) is 36.0. The molecule has 1 aliphatic heterocycles. The number of aliphatic hydroxyl groups excluding tert-OH is 1. The molecule has 6 aromatic rings. The van der Waals surface area contributed by atoms with E-state index in [2.05, 4.69) is 46.4 Å². The van der Waals surface area contributed by atoms with Crippen molar-refractivity contribution in [1.82, 2.24) is 55.5 Å². The Kier molecular flexibility index (Phi) is 18.7. The van der Waals surface area contributed by atoms with Crippen LogP contribution in [0.3, 0.4) is 0 Å². The van der Waals surface area contributed by atoms with Crippen LogP contribution in [0, 0.1) is 24.0 Å². The standard InChI is InChI=1S/C54H62F2N12O6S/c1-34-48(75-33-62-34)36-20-18-35(19-21-36)28-59-52(73)44-27-39(69)31-68(44)53(74)49(54(2,3)4)63-46(70)16-7-6-8-17-47(71)66(5)24-11-25-67-45(64-65-50(67)43-22-23-57-32-61-43)30-58-38-13-9-12-37(26-38)51(72)60-29-40-41(55)14-10-15-42(40)56/h9-10,12-15,18-23,26-27,32-33,39,49,58,69H,6-8,11,16-17,24-25,28-31H2,1-5H3,(H,59,73)(H,60,72)(H,63,70)/t39-,49-/m1/s1. The normalized spacial score (nSPS) is 13.7. The van der Waals surface area contributed by atoms with E-state index in [9.17, 15) is 37.9 Å². The summed E-state index contributed by atoms with van der Waals surface area (Å²) in [6, 6.07) is 18.7. The van der Waals surface area contributed by atoms with Crippen molar-refractivity contribution in [2.75, 3.05) is 25.5 Å². The third-order valence-corrected chi connectivity index (χ3v) is 13.6. The van der Waals surface area contributed by atoms with Crippen molar-refractivity contribution in [2.24, 2.45) is 5.41 Å². The van der Waals surface area contributed by atoms with Gasteiger partial charge in [-0.25, -0.2) is 23.7 Å². The molecular formula is C54H62F2N12O6S. The highest BCUT2D eigenvalue weighted by Crippen LogP contribution is 2.29. The molecular weight excluding hydrogens is 983 g/mol. The molecule has 0 fully saturated rings. The number of β-amino-alcohol motifs (C(OH)–C–C–N with tert-alkyl or cyclic N) is 1. The van der Waals surface area contributed by atoms with Gasteiger partial charge in [0, 0.05) is 69.1 Å². The second kappa shape index (κ2) is 25.4. The lowest BCUT2D eigenvalue weighted by atomic mass is 9.85. The van der Waals surface area contributed by atoms with E-state index in [1.54, 1.807) is 65.3 Å². The van der Waals surface area contributed by atoms with Gasteiger partial charge in [0.05, 0.1) is 35.3 Å². The molecule has 7 rings (SSSR count). The number of aryl methyl sites for hydroxylation is 1. The van der Waals surface area contributed by atoms with Gasteiger partial charge >= 0.3 is 0 Å². The van der Waals surface area contributed by atoms with E-state index in [0.29, 0.717) is 61.8 Å². The zero-order chi connectivity index (χ0) is 53.6. The molecule has 0 radical (unpaired) electrons. The predicted molar refractivity (Wildman–Crippen MR) is 279 cm³/mol. The van der Waals surface area contributed by atoms with Gasteiger partial charge in [0.2, 0.25) is 17.7 Å². The molecule has 75 heavy (non-hydrogen) atoms. The number of rotatable bonds is 23. The second-order valence-electron chi connectivity index (χ2n) is 19.3. The van der Waals surface area contributed by atoms with Gasteiger partial charge in [-0.15, -0.1) is 21.5 Å². The fourth-order valence-electron chi connectivity index (χ4n) is 8.44. The zero-order valence-corrected chi connectivity index (χ0v) is 43.4. The van der Waals surface area contributed by atoms with Crippen LogP contribution >= 0.6 is 11.3 Å². The van der Waals surface area contributed by atoms with Gasteiger partial charge in [0.1, 0.15) is 35.4 Å². The van der Waals surface area contributed by atoms with Crippen LogP contribution in [0.25, 0.3) is 22.0 Å². The maximum atomic E-state index is 14.1. The number of anilines is 1. The summed E-state index contributed by atoms with van der Waals surface area (Å²) in [4.78, 5) is 83.6. The Balaban J connectivity index is 0.847. The lowest BCUT2D eigenvalue weighted by molar-refractivity contribution is -0.139. The molecule has 0 saturated carbocycles. The number of carbonyl (C=O) groups excluding carboxylic acids is 5. The van der Waals surface area contributed by atoms with Crippen LogP contribution in [-0.4, -0.2) is 106 Å². The van der Waals surface area contributed by atoms with Crippen molar-refractivity contribution in [3.05, 3.63) is 142 Å². The van der Waals surface area contributed by atoms with E-state index in [1.807, 2.05) is 56.5 Å². The van der Waals surface area contributed by atoms with Gasteiger partial charge in [-0.05, 0) is 85.2 Å². The van der Waals surface area contributed by atoms with Crippen molar-refractivity contribution < 1.29 is 37.9 Å². The minimum atomic E-state index is -1.05. The maximum absolute atomic E-state index is 14.1. The minimum Gasteiger partial charge on any atom is -0.387 e. The number of hydrogen-bond acceptors (Lipinski definition) is 13. The van der Waals surface area contributed by atoms with Gasteiger partial charge in [-0.1, -0.05) is 63.6 Å². The van der Waals surface area contributed by atoms with Crippen molar-refractivity contribution in [2.45, 2.75) is 105 Å². The summed E-state index contributed by atoms with van der Waals surface area (Å²) < 4.78 is 30.2. The summed E-state index contributed by atoms with van der Waals surface area (Å²) in [5.41, 5.74) is 5.13. The molecule has 21 heteroatoms. The highest BCUT2D eigenvalue weighted by Gasteiger charge is 2.40. The first kappa shape index (κ1) is 55.0. The molecule has 0 aliphatic carbocycles. The number of hydrogen-bond donors (Lipinski definition) is 5. The number of nitrogens with zero attached hydrogens (tertiary/aromatic N) is 8. The van der Waals surface area contributed by atoms with E-state index in [4.69, 9.17) is 0 Å². The molecule has 0 spiro atoms. The maximum Gasteiger partial charge on any atom is 0.268 e. The van der Waals surface area contributed by atoms with Crippen LogP contribution in [0.15, 0.2) is 103 Å².